The van der Waals surface area contributed by atoms with Crippen LogP contribution in [0.1, 0.15) is 113 Å². The molecule has 0 saturated heterocycles. The molecule has 0 heterocycles. The standard InChI is InChI=1S/C22H28N2O2.C19H26O3/c1-7-17-8-10-18(11-9-17)20(25)23-24(22(4,5)6)21(26)19-13-15(2)12-16(3)14-19;1-7-8-13-12(4)16(10-15(13)20)22-18(21)17-14(9-11(2)3)19(17,5)6/h8-14H,7H2,1-6H3,(H,23,25);7,9,14,16-17H,1,8,10H2,2-6H3. The molecule has 7 heteroatoms. The van der Waals surface area contributed by atoms with Gasteiger partial charge in [0.1, 0.15) is 6.10 Å². The molecule has 3 atom stereocenters. The van der Waals surface area contributed by atoms with Gasteiger partial charge in [-0.3, -0.25) is 24.6 Å². The van der Waals surface area contributed by atoms with Crippen LogP contribution in [0.15, 0.2) is 77.9 Å². The summed E-state index contributed by atoms with van der Waals surface area (Å²) in [6.07, 6.45) is 5.22. The van der Waals surface area contributed by atoms with Crippen LogP contribution in [0.2, 0.25) is 0 Å². The summed E-state index contributed by atoms with van der Waals surface area (Å²) < 4.78 is 5.66. The topological polar surface area (TPSA) is 92.8 Å². The van der Waals surface area contributed by atoms with Crippen LogP contribution in [0.5, 0.6) is 0 Å². The monoisotopic (exact) mass is 654 g/mol. The van der Waals surface area contributed by atoms with Gasteiger partial charge in [0.2, 0.25) is 0 Å². The number of allylic oxidation sites excluding steroid dienone is 4. The lowest BCUT2D eigenvalue weighted by Crippen LogP contribution is -2.55. The zero-order valence-corrected chi connectivity index (χ0v) is 30.7. The minimum atomic E-state index is -0.562. The molecule has 0 radical (unpaired) electrons. The van der Waals surface area contributed by atoms with Crippen molar-refractivity contribution in [3.8, 4) is 0 Å². The summed E-state index contributed by atoms with van der Waals surface area (Å²) >= 11 is 0. The lowest BCUT2D eigenvalue weighted by atomic mass is 10.0. The van der Waals surface area contributed by atoms with Crippen molar-refractivity contribution in [2.45, 2.75) is 107 Å². The van der Waals surface area contributed by atoms with Crippen molar-refractivity contribution in [1.82, 2.24) is 10.4 Å². The molecule has 0 bridgehead atoms. The molecule has 2 aliphatic carbocycles. The molecule has 2 aliphatic rings. The highest BCUT2D eigenvalue weighted by molar-refractivity contribution is 6.00. The number of nitrogens with zero attached hydrogens (tertiary/aromatic N) is 1. The molecule has 48 heavy (non-hydrogen) atoms. The smallest absolute Gasteiger partial charge is 0.310 e. The van der Waals surface area contributed by atoms with Crippen molar-refractivity contribution in [3.63, 3.8) is 0 Å². The van der Waals surface area contributed by atoms with Crippen LogP contribution in [0.4, 0.5) is 0 Å². The van der Waals surface area contributed by atoms with E-state index < -0.39 is 11.6 Å². The predicted molar refractivity (Wildman–Crippen MR) is 192 cm³/mol. The van der Waals surface area contributed by atoms with E-state index in [2.05, 4.69) is 38.9 Å². The molecular weight excluding hydrogens is 600 g/mol. The number of ketones is 1. The number of amides is 2. The van der Waals surface area contributed by atoms with Gasteiger partial charge in [-0.1, -0.05) is 67.8 Å². The van der Waals surface area contributed by atoms with Crippen molar-refractivity contribution in [3.05, 3.63) is 106 Å². The molecule has 7 nitrogen and oxygen atoms in total. The zero-order valence-electron chi connectivity index (χ0n) is 30.7. The highest BCUT2D eigenvalue weighted by Gasteiger charge is 2.61. The van der Waals surface area contributed by atoms with E-state index in [-0.39, 0.29) is 47.2 Å². The van der Waals surface area contributed by atoms with Crippen LogP contribution in [0, 0.1) is 31.1 Å². The van der Waals surface area contributed by atoms with Crippen LogP contribution < -0.4 is 5.43 Å². The van der Waals surface area contributed by atoms with Gasteiger partial charge in [0.15, 0.2) is 5.78 Å². The first-order chi connectivity index (χ1) is 22.3. The molecule has 3 unspecified atom stereocenters. The number of esters is 1. The second-order valence-corrected chi connectivity index (χ2v) is 15.0. The van der Waals surface area contributed by atoms with E-state index in [0.717, 1.165) is 28.7 Å². The molecule has 1 saturated carbocycles. The number of ether oxygens (including phenoxy) is 1. The largest absolute Gasteiger partial charge is 0.457 e. The second kappa shape index (κ2) is 15.3. The van der Waals surface area contributed by atoms with Crippen LogP contribution in [-0.4, -0.2) is 40.2 Å². The summed E-state index contributed by atoms with van der Waals surface area (Å²) in [5.41, 5.74) is 9.33. The molecule has 2 aromatic rings. The summed E-state index contributed by atoms with van der Waals surface area (Å²) in [4.78, 5) is 50.2. The van der Waals surface area contributed by atoms with Crippen LogP contribution in [-0.2, 0) is 20.7 Å². The Kier molecular flexibility index (Phi) is 12.2. The van der Waals surface area contributed by atoms with Gasteiger partial charge >= 0.3 is 5.97 Å². The normalized spacial score (nSPS) is 19.5. The van der Waals surface area contributed by atoms with Crippen molar-refractivity contribution in [2.75, 3.05) is 0 Å². The Bertz CT molecular complexity index is 1600. The van der Waals surface area contributed by atoms with E-state index in [4.69, 9.17) is 4.74 Å². The third kappa shape index (κ3) is 9.21. The van der Waals surface area contributed by atoms with E-state index in [1.165, 1.54) is 16.1 Å². The summed E-state index contributed by atoms with van der Waals surface area (Å²) in [6, 6.07) is 13.1. The van der Waals surface area contributed by atoms with Gasteiger partial charge in [0, 0.05) is 16.7 Å². The molecule has 1 N–H and O–H groups in total. The predicted octanol–water partition coefficient (Wildman–Crippen LogP) is 8.45. The van der Waals surface area contributed by atoms with Gasteiger partial charge in [-0.25, -0.2) is 5.01 Å². The lowest BCUT2D eigenvalue weighted by molar-refractivity contribution is -0.150. The highest BCUT2D eigenvalue weighted by atomic mass is 16.5. The number of aryl methyl sites for hydroxylation is 3. The Balaban J connectivity index is 0.000000264. The summed E-state index contributed by atoms with van der Waals surface area (Å²) in [7, 11) is 0. The third-order valence-electron chi connectivity index (χ3n) is 9.13. The average molecular weight is 655 g/mol. The van der Waals surface area contributed by atoms with E-state index in [1.54, 1.807) is 18.2 Å². The minimum Gasteiger partial charge on any atom is -0.457 e. The number of hydrogen-bond acceptors (Lipinski definition) is 5. The molecular formula is C41H54N2O5. The molecule has 258 valence electrons. The number of hydrogen-bond donors (Lipinski definition) is 1. The number of carbonyl (C=O) groups excluding carboxylic acids is 4. The summed E-state index contributed by atoms with van der Waals surface area (Å²) in [5, 5.41) is 1.41. The first-order valence-corrected chi connectivity index (χ1v) is 16.8. The van der Waals surface area contributed by atoms with Gasteiger partial charge in [-0.15, -0.1) is 6.58 Å². The summed E-state index contributed by atoms with van der Waals surface area (Å²) in [6.45, 7) is 25.5. The molecule has 0 aromatic heterocycles. The van der Waals surface area contributed by atoms with Crippen molar-refractivity contribution < 1.29 is 23.9 Å². The molecule has 1 fully saturated rings. The molecule has 0 aliphatic heterocycles. The fourth-order valence-corrected chi connectivity index (χ4v) is 6.23. The molecule has 2 amide bonds. The van der Waals surface area contributed by atoms with Crippen LogP contribution in [0.25, 0.3) is 0 Å². The van der Waals surface area contributed by atoms with Gasteiger partial charge in [0.05, 0.1) is 17.9 Å². The first-order valence-electron chi connectivity index (χ1n) is 16.8. The number of hydrazine groups is 1. The van der Waals surface area contributed by atoms with Crippen LogP contribution >= 0.6 is 0 Å². The molecule has 2 aromatic carbocycles. The fourth-order valence-electron chi connectivity index (χ4n) is 6.23. The highest BCUT2D eigenvalue weighted by Crippen LogP contribution is 2.60. The number of Topliss-reactive ketones (excluding diaryl/α,β-unsaturated/α-hetero) is 1. The Morgan fingerprint density at radius 2 is 1.58 bits per heavy atom. The van der Waals surface area contributed by atoms with Gasteiger partial charge in [0.25, 0.3) is 11.8 Å². The summed E-state index contributed by atoms with van der Waals surface area (Å²) in [5.74, 6) is -0.480. The van der Waals surface area contributed by atoms with E-state index in [1.807, 2.05) is 85.7 Å². The Labute approximate surface area is 287 Å². The molecule has 0 spiro atoms. The number of benzene rings is 2. The quantitative estimate of drug-likeness (QED) is 0.175. The van der Waals surface area contributed by atoms with E-state index in [0.29, 0.717) is 17.5 Å². The fraction of sp³-hybridized carbons (Fsp3) is 0.463. The van der Waals surface area contributed by atoms with E-state index >= 15 is 0 Å². The SMILES string of the molecule is C=CCC1=C(C)C(OC(=O)C2C(C=C(C)C)C2(C)C)CC1=O.CCc1ccc(C(=O)NN(C(=O)c2cc(C)cc(C)c2)C(C)(C)C)cc1. The Hall–Kier alpha value is -4.26. The van der Waals surface area contributed by atoms with Crippen molar-refractivity contribution in [1.29, 1.82) is 0 Å². The maximum absolute atomic E-state index is 13.1. The van der Waals surface area contributed by atoms with Crippen LogP contribution in [0.3, 0.4) is 0 Å². The average Bonchev–Trinajstić information content (AvgIpc) is 3.43. The van der Waals surface area contributed by atoms with E-state index in [9.17, 15) is 19.2 Å². The maximum atomic E-state index is 13.1. The first kappa shape index (κ1) is 38.2. The van der Waals surface area contributed by atoms with Gasteiger partial charge in [-0.05, 0) is 115 Å². The maximum Gasteiger partial charge on any atom is 0.310 e. The second-order valence-electron chi connectivity index (χ2n) is 15.0. The van der Waals surface area contributed by atoms with Crippen molar-refractivity contribution in [2.24, 2.45) is 17.3 Å². The number of carbonyl (C=O) groups is 4. The zero-order chi connectivity index (χ0) is 36.1. The Morgan fingerprint density at radius 3 is 2.08 bits per heavy atom. The van der Waals surface area contributed by atoms with Crippen molar-refractivity contribution >= 4 is 23.6 Å². The minimum absolute atomic E-state index is 0.0570. The number of nitrogens with one attached hydrogen (secondary N) is 1. The van der Waals surface area contributed by atoms with Gasteiger partial charge < -0.3 is 4.74 Å². The molecule has 4 rings (SSSR count). The van der Waals surface area contributed by atoms with Gasteiger partial charge in [-0.2, -0.15) is 0 Å². The lowest BCUT2D eigenvalue weighted by Gasteiger charge is -2.35. The third-order valence-corrected chi connectivity index (χ3v) is 9.13. The Morgan fingerprint density at radius 1 is 1.00 bits per heavy atom. The number of rotatable bonds is 8.